The number of nitrogens with zero attached hydrogens (tertiary/aromatic N) is 1. The lowest BCUT2D eigenvalue weighted by Crippen LogP contribution is -2.33. The van der Waals surface area contributed by atoms with Crippen LogP contribution in [0, 0.1) is 0 Å². The Morgan fingerprint density at radius 3 is 2.10 bits per heavy atom. The summed E-state index contributed by atoms with van der Waals surface area (Å²) in [6, 6.07) is 21.8. The maximum absolute atomic E-state index is 12.4. The Morgan fingerprint density at radius 2 is 1.40 bits per heavy atom. The van der Waals surface area contributed by atoms with Gasteiger partial charge in [-0.15, -0.1) is 0 Å². The van der Waals surface area contributed by atoms with E-state index in [0.29, 0.717) is 29.2 Å². The van der Waals surface area contributed by atoms with Gasteiger partial charge in [-0.1, -0.05) is 36.4 Å². The van der Waals surface area contributed by atoms with Crippen molar-refractivity contribution < 1.29 is 23.8 Å². The van der Waals surface area contributed by atoms with Gasteiger partial charge in [-0.3, -0.25) is 14.5 Å². The Morgan fingerprint density at radius 1 is 0.767 bits per heavy atom. The molecule has 0 bridgehead atoms. The van der Waals surface area contributed by atoms with Crippen LogP contribution in [0.4, 0.5) is 0 Å². The van der Waals surface area contributed by atoms with Crippen molar-refractivity contribution >= 4 is 11.8 Å². The van der Waals surface area contributed by atoms with E-state index in [1.165, 1.54) is 4.90 Å². The van der Waals surface area contributed by atoms with Crippen LogP contribution in [0.15, 0.2) is 72.8 Å². The van der Waals surface area contributed by atoms with Crippen molar-refractivity contribution in [2.75, 3.05) is 20.3 Å². The average Bonchev–Trinajstić information content (AvgIpc) is 3.03. The molecule has 3 aromatic carbocycles. The molecule has 1 heterocycles. The molecule has 152 valence electrons. The van der Waals surface area contributed by atoms with E-state index in [4.69, 9.17) is 14.2 Å². The number of ether oxygens (including phenoxy) is 3. The third-order valence-electron chi connectivity index (χ3n) is 4.85. The topological polar surface area (TPSA) is 65.1 Å². The molecule has 0 aromatic heterocycles. The first-order chi connectivity index (χ1) is 14.7. The van der Waals surface area contributed by atoms with Gasteiger partial charge in [0.1, 0.15) is 30.5 Å². The molecule has 30 heavy (non-hydrogen) atoms. The third kappa shape index (κ3) is 3.98. The summed E-state index contributed by atoms with van der Waals surface area (Å²) in [4.78, 5) is 26.0. The van der Waals surface area contributed by atoms with E-state index >= 15 is 0 Å². The molecule has 3 aromatic rings. The van der Waals surface area contributed by atoms with E-state index in [9.17, 15) is 9.59 Å². The van der Waals surface area contributed by atoms with Crippen molar-refractivity contribution in [3.8, 4) is 17.2 Å². The molecular formula is C24H21NO5. The zero-order valence-electron chi connectivity index (χ0n) is 16.5. The third-order valence-corrected chi connectivity index (χ3v) is 4.85. The molecule has 0 fully saturated rings. The molecule has 0 N–H and O–H groups in total. The monoisotopic (exact) mass is 403 g/mol. The number of hydrogen-bond donors (Lipinski definition) is 0. The molecule has 0 radical (unpaired) electrons. The molecular weight excluding hydrogens is 382 g/mol. The van der Waals surface area contributed by atoms with Crippen LogP contribution in [0.3, 0.4) is 0 Å². The minimum absolute atomic E-state index is 0.179. The zero-order valence-corrected chi connectivity index (χ0v) is 16.5. The second-order valence-corrected chi connectivity index (χ2v) is 6.73. The molecule has 0 saturated heterocycles. The van der Waals surface area contributed by atoms with E-state index in [1.54, 1.807) is 43.5 Å². The van der Waals surface area contributed by atoms with E-state index in [-0.39, 0.29) is 25.0 Å². The summed E-state index contributed by atoms with van der Waals surface area (Å²) in [5, 5.41) is 0. The van der Waals surface area contributed by atoms with Crippen molar-refractivity contribution in [1.82, 2.24) is 4.90 Å². The predicted molar refractivity (Wildman–Crippen MR) is 111 cm³/mol. The number of benzene rings is 3. The van der Waals surface area contributed by atoms with Crippen LogP contribution >= 0.6 is 0 Å². The Kier molecular flexibility index (Phi) is 5.66. The van der Waals surface area contributed by atoms with Gasteiger partial charge >= 0.3 is 0 Å². The first-order valence-corrected chi connectivity index (χ1v) is 9.60. The Labute approximate surface area is 174 Å². The molecule has 0 saturated carbocycles. The number of rotatable bonds is 8. The summed E-state index contributed by atoms with van der Waals surface area (Å²) in [6.07, 6.45) is 0. The molecule has 4 rings (SSSR count). The molecule has 0 atom stereocenters. The van der Waals surface area contributed by atoms with Crippen molar-refractivity contribution in [2.45, 2.75) is 6.61 Å². The normalized spacial score (nSPS) is 12.6. The van der Waals surface area contributed by atoms with Crippen LogP contribution < -0.4 is 14.2 Å². The van der Waals surface area contributed by atoms with Gasteiger partial charge in [0.2, 0.25) is 0 Å². The average molecular weight is 403 g/mol. The lowest BCUT2D eigenvalue weighted by molar-refractivity contribution is 0.0631. The highest BCUT2D eigenvalue weighted by Crippen LogP contribution is 2.24. The van der Waals surface area contributed by atoms with Gasteiger partial charge in [0.25, 0.3) is 11.8 Å². The van der Waals surface area contributed by atoms with Crippen molar-refractivity contribution in [3.05, 3.63) is 89.5 Å². The van der Waals surface area contributed by atoms with E-state index in [1.807, 2.05) is 36.4 Å². The number of para-hydroxylation sites is 1. The Hall–Kier alpha value is -3.80. The predicted octanol–water partition coefficient (Wildman–Crippen LogP) is 3.95. The smallest absolute Gasteiger partial charge is 0.261 e. The summed E-state index contributed by atoms with van der Waals surface area (Å²) in [5.41, 5.74) is 1.82. The zero-order chi connectivity index (χ0) is 20.9. The number of carbonyl (C=O) groups is 2. The summed E-state index contributed by atoms with van der Waals surface area (Å²) in [5.74, 6) is 1.45. The first kappa shape index (κ1) is 19.5. The fraction of sp³-hybridized carbons (Fsp3) is 0.167. The minimum atomic E-state index is -0.284. The number of methoxy groups -OCH3 is 1. The number of fused-ring (bicyclic) bond motifs is 1. The van der Waals surface area contributed by atoms with Crippen LogP contribution in [-0.2, 0) is 6.61 Å². The molecule has 0 spiro atoms. The number of hydrogen-bond acceptors (Lipinski definition) is 5. The maximum atomic E-state index is 12.4. The fourth-order valence-electron chi connectivity index (χ4n) is 3.33. The van der Waals surface area contributed by atoms with E-state index in [0.717, 1.165) is 11.3 Å². The number of amides is 2. The summed E-state index contributed by atoms with van der Waals surface area (Å²) in [7, 11) is 1.63. The standard InChI is InChI=1S/C24H21NO5/c1-28-22-12-5-2-7-17(22)16-30-19-9-6-8-18(15-19)29-14-13-25-23(26)20-10-3-4-11-21(20)24(25)27/h2-12,15H,13-14,16H2,1H3. The Balaban J connectivity index is 1.33. The summed E-state index contributed by atoms with van der Waals surface area (Å²) < 4.78 is 16.9. The van der Waals surface area contributed by atoms with Gasteiger partial charge in [-0.25, -0.2) is 0 Å². The fourth-order valence-corrected chi connectivity index (χ4v) is 3.33. The first-order valence-electron chi connectivity index (χ1n) is 9.60. The lowest BCUT2D eigenvalue weighted by atomic mass is 10.1. The maximum Gasteiger partial charge on any atom is 0.261 e. The minimum Gasteiger partial charge on any atom is -0.496 e. The lowest BCUT2D eigenvalue weighted by Gasteiger charge is -2.15. The van der Waals surface area contributed by atoms with Gasteiger partial charge in [-0.2, -0.15) is 0 Å². The summed E-state index contributed by atoms with van der Waals surface area (Å²) >= 11 is 0. The number of imide groups is 1. The van der Waals surface area contributed by atoms with Gasteiger partial charge < -0.3 is 14.2 Å². The Bertz CT molecular complexity index is 1040. The summed E-state index contributed by atoms with van der Waals surface area (Å²) in [6.45, 7) is 0.739. The van der Waals surface area contributed by atoms with Crippen LogP contribution in [-0.4, -0.2) is 37.0 Å². The van der Waals surface area contributed by atoms with Crippen LogP contribution in [0.25, 0.3) is 0 Å². The molecule has 1 aliphatic rings. The molecule has 6 nitrogen and oxygen atoms in total. The molecule has 6 heteroatoms. The largest absolute Gasteiger partial charge is 0.496 e. The van der Waals surface area contributed by atoms with E-state index < -0.39 is 0 Å². The molecule has 0 aliphatic carbocycles. The van der Waals surface area contributed by atoms with Crippen molar-refractivity contribution in [3.63, 3.8) is 0 Å². The second kappa shape index (κ2) is 8.69. The second-order valence-electron chi connectivity index (χ2n) is 6.73. The quantitative estimate of drug-likeness (QED) is 0.533. The molecule has 1 aliphatic heterocycles. The van der Waals surface area contributed by atoms with E-state index in [2.05, 4.69) is 0 Å². The highest BCUT2D eigenvalue weighted by Gasteiger charge is 2.34. The highest BCUT2D eigenvalue weighted by atomic mass is 16.5. The van der Waals surface area contributed by atoms with Crippen LogP contribution in [0.2, 0.25) is 0 Å². The SMILES string of the molecule is COc1ccccc1COc1cccc(OCCN2C(=O)c3ccccc3C2=O)c1. The molecule has 0 unspecified atom stereocenters. The number of carbonyl (C=O) groups excluding carboxylic acids is 2. The highest BCUT2D eigenvalue weighted by molar-refractivity contribution is 6.21. The van der Waals surface area contributed by atoms with Crippen LogP contribution in [0.5, 0.6) is 17.2 Å². The van der Waals surface area contributed by atoms with Crippen LogP contribution in [0.1, 0.15) is 26.3 Å². The van der Waals surface area contributed by atoms with Crippen molar-refractivity contribution in [1.29, 1.82) is 0 Å². The molecule has 2 amide bonds. The van der Waals surface area contributed by atoms with Gasteiger partial charge in [0, 0.05) is 11.6 Å². The van der Waals surface area contributed by atoms with Gasteiger partial charge in [0.05, 0.1) is 24.8 Å². The van der Waals surface area contributed by atoms with Gasteiger partial charge in [0.15, 0.2) is 0 Å². The van der Waals surface area contributed by atoms with Crippen molar-refractivity contribution in [2.24, 2.45) is 0 Å². The van der Waals surface area contributed by atoms with Gasteiger partial charge in [-0.05, 0) is 30.3 Å².